The maximum absolute atomic E-state index is 11.7. The van der Waals surface area contributed by atoms with E-state index in [1.165, 1.54) is 6.26 Å². The topological polar surface area (TPSA) is 54.5 Å². The molecular weight excluding hydrogens is 270 g/mol. The first-order valence-electron chi connectivity index (χ1n) is 6.52. The van der Waals surface area contributed by atoms with E-state index in [2.05, 4.69) is 4.90 Å². The molecule has 6 heteroatoms. The van der Waals surface area contributed by atoms with Crippen LogP contribution in [-0.2, 0) is 14.6 Å². The number of nitrogens with zero attached hydrogens (tertiary/aromatic N) is 1. The molecule has 2 atom stereocenters. The van der Waals surface area contributed by atoms with Crippen LogP contribution in [0.2, 0.25) is 0 Å². The zero-order valence-electron chi connectivity index (χ0n) is 10.8. The molecule has 0 amide bonds. The molecule has 2 fully saturated rings. The Morgan fingerprint density at radius 2 is 2.22 bits per heavy atom. The van der Waals surface area contributed by atoms with E-state index in [0.717, 1.165) is 44.5 Å². The lowest BCUT2D eigenvalue weighted by Crippen LogP contribution is -2.47. The van der Waals surface area contributed by atoms with Crippen molar-refractivity contribution in [3.63, 3.8) is 0 Å². The lowest BCUT2D eigenvalue weighted by molar-refractivity contribution is -0.120. The van der Waals surface area contributed by atoms with Crippen molar-refractivity contribution in [3.8, 4) is 0 Å². The van der Waals surface area contributed by atoms with Crippen LogP contribution in [0.5, 0.6) is 0 Å². The van der Waals surface area contributed by atoms with Crippen LogP contribution in [0, 0.1) is 5.92 Å². The molecule has 1 saturated heterocycles. The zero-order chi connectivity index (χ0) is 13.2. The summed E-state index contributed by atoms with van der Waals surface area (Å²) in [6.07, 6.45) is 4.86. The number of ketones is 1. The number of Topliss-reactive ketones (excluding diaryl/α,β-unsaturated/α-hetero) is 1. The third-order valence-corrected chi connectivity index (χ3v) is 6.57. The average Bonchev–Trinajstić information content (AvgIpc) is 2.71. The molecule has 104 valence electrons. The SMILES string of the molecule is CS(=O)(=O)C1CSCCN1CCC1CCCC1=O. The second-order valence-corrected chi connectivity index (χ2v) is 8.59. The zero-order valence-corrected chi connectivity index (χ0v) is 12.4. The van der Waals surface area contributed by atoms with Gasteiger partial charge in [0, 0.05) is 43.2 Å². The highest BCUT2D eigenvalue weighted by atomic mass is 32.2. The first kappa shape index (κ1) is 14.3. The molecule has 0 aromatic carbocycles. The van der Waals surface area contributed by atoms with Gasteiger partial charge in [0.15, 0.2) is 9.84 Å². The molecule has 4 nitrogen and oxygen atoms in total. The summed E-state index contributed by atoms with van der Waals surface area (Å²) in [5.74, 6) is 2.21. The predicted molar refractivity (Wildman–Crippen MR) is 74.5 cm³/mol. The van der Waals surface area contributed by atoms with Crippen molar-refractivity contribution in [2.45, 2.75) is 31.1 Å². The van der Waals surface area contributed by atoms with Crippen molar-refractivity contribution < 1.29 is 13.2 Å². The lowest BCUT2D eigenvalue weighted by Gasteiger charge is -2.34. The second kappa shape index (κ2) is 5.92. The van der Waals surface area contributed by atoms with E-state index >= 15 is 0 Å². The van der Waals surface area contributed by atoms with E-state index < -0.39 is 9.84 Å². The lowest BCUT2D eigenvalue weighted by atomic mass is 10.0. The van der Waals surface area contributed by atoms with Gasteiger partial charge in [-0.15, -0.1) is 0 Å². The molecule has 1 heterocycles. The Labute approximate surface area is 113 Å². The van der Waals surface area contributed by atoms with Crippen LogP contribution in [0.4, 0.5) is 0 Å². The van der Waals surface area contributed by atoms with Gasteiger partial charge < -0.3 is 0 Å². The molecule has 2 aliphatic rings. The highest BCUT2D eigenvalue weighted by molar-refractivity contribution is 8.00. The van der Waals surface area contributed by atoms with E-state index in [-0.39, 0.29) is 11.3 Å². The minimum atomic E-state index is -3.01. The number of hydrogen-bond donors (Lipinski definition) is 0. The van der Waals surface area contributed by atoms with Gasteiger partial charge in [-0.1, -0.05) is 0 Å². The maximum atomic E-state index is 11.7. The van der Waals surface area contributed by atoms with Crippen molar-refractivity contribution in [1.29, 1.82) is 0 Å². The smallest absolute Gasteiger partial charge is 0.164 e. The van der Waals surface area contributed by atoms with Gasteiger partial charge in [0.25, 0.3) is 0 Å². The number of carbonyl (C=O) groups is 1. The fourth-order valence-corrected chi connectivity index (χ4v) is 5.75. The Balaban J connectivity index is 1.91. The van der Waals surface area contributed by atoms with Gasteiger partial charge in [-0.2, -0.15) is 11.8 Å². The average molecular weight is 291 g/mol. The molecule has 0 spiro atoms. The highest BCUT2D eigenvalue weighted by Crippen LogP contribution is 2.26. The quantitative estimate of drug-likeness (QED) is 0.778. The molecule has 1 saturated carbocycles. The van der Waals surface area contributed by atoms with E-state index in [9.17, 15) is 13.2 Å². The number of rotatable bonds is 4. The Morgan fingerprint density at radius 3 is 2.83 bits per heavy atom. The normalized spacial score (nSPS) is 30.8. The molecule has 2 unspecified atom stereocenters. The van der Waals surface area contributed by atoms with Gasteiger partial charge in [-0.25, -0.2) is 8.42 Å². The van der Waals surface area contributed by atoms with E-state index in [1.807, 2.05) is 0 Å². The number of hydrogen-bond acceptors (Lipinski definition) is 5. The molecule has 0 radical (unpaired) electrons. The molecule has 18 heavy (non-hydrogen) atoms. The molecular formula is C12H21NO3S2. The van der Waals surface area contributed by atoms with Crippen LogP contribution in [0.15, 0.2) is 0 Å². The fraction of sp³-hybridized carbons (Fsp3) is 0.917. The summed E-state index contributed by atoms with van der Waals surface area (Å²) >= 11 is 1.70. The standard InChI is InChI=1S/C12H21NO3S2/c1-18(15,16)12-9-17-8-7-13(12)6-5-10-3-2-4-11(10)14/h10,12H,2-9H2,1H3. The van der Waals surface area contributed by atoms with Crippen LogP contribution in [0.3, 0.4) is 0 Å². The van der Waals surface area contributed by atoms with Gasteiger partial charge in [0.05, 0.1) is 0 Å². The van der Waals surface area contributed by atoms with Crippen molar-refractivity contribution in [1.82, 2.24) is 4.90 Å². The Kier molecular flexibility index (Phi) is 4.72. The molecule has 0 bridgehead atoms. The van der Waals surface area contributed by atoms with Crippen molar-refractivity contribution in [3.05, 3.63) is 0 Å². The van der Waals surface area contributed by atoms with Crippen LogP contribution < -0.4 is 0 Å². The summed E-state index contributed by atoms with van der Waals surface area (Å²) in [6.45, 7) is 1.57. The number of sulfone groups is 1. The highest BCUT2D eigenvalue weighted by Gasteiger charge is 2.32. The predicted octanol–water partition coefficient (Wildman–Crippen LogP) is 1.17. The Bertz CT molecular complexity index is 408. The second-order valence-electron chi connectivity index (χ2n) is 5.24. The third-order valence-electron chi connectivity index (χ3n) is 3.88. The van der Waals surface area contributed by atoms with E-state index in [0.29, 0.717) is 11.5 Å². The monoisotopic (exact) mass is 291 g/mol. The van der Waals surface area contributed by atoms with Crippen LogP contribution in [-0.4, -0.2) is 55.3 Å². The molecule has 0 N–H and O–H groups in total. The Morgan fingerprint density at radius 1 is 1.44 bits per heavy atom. The minimum Gasteiger partial charge on any atom is -0.299 e. The van der Waals surface area contributed by atoms with E-state index in [1.54, 1.807) is 11.8 Å². The van der Waals surface area contributed by atoms with Crippen molar-refractivity contribution in [2.24, 2.45) is 5.92 Å². The fourth-order valence-electron chi connectivity index (χ4n) is 2.78. The molecule has 1 aliphatic carbocycles. The first-order valence-corrected chi connectivity index (χ1v) is 9.63. The molecule has 1 aliphatic heterocycles. The van der Waals surface area contributed by atoms with Gasteiger partial charge >= 0.3 is 0 Å². The maximum Gasteiger partial charge on any atom is 0.164 e. The first-order chi connectivity index (χ1) is 8.48. The van der Waals surface area contributed by atoms with Gasteiger partial charge in [-0.3, -0.25) is 9.69 Å². The minimum absolute atomic E-state index is 0.180. The van der Waals surface area contributed by atoms with Gasteiger partial charge in [-0.05, 0) is 19.3 Å². The Hall–Kier alpha value is -0.0700. The van der Waals surface area contributed by atoms with Gasteiger partial charge in [0.1, 0.15) is 11.2 Å². The summed E-state index contributed by atoms with van der Waals surface area (Å²) < 4.78 is 23.5. The molecule has 0 aromatic heterocycles. The van der Waals surface area contributed by atoms with Crippen molar-refractivity contribution >= 4 is 27.4 Å². The molecule has 0 aromatic rings. The molecule has 2 rings (SSSR count). The number of carbonyl (C=O) groups excluding carboxylic acids is 1. The van der Waals surface area contributed by atoms with Gasteiger partial charge in [0.2, 0.25) is 0 Å². The summed E-state index contributed by atoms with van der Waals surface area (Å²) in [4.78, 5) is 13.6. The summed E-state index contributed by atoms with van der Waals surface area (Å²) in [7, 11) is -3.01. The summed E-state index contributed by atoms with van der Waals surface area (Å²) in [5.41, 5.74) is 0. The summed E-state index contributed by atoms with van der Waals surface area (Å²) in [6, 6.07) is 0. The van der Waals surface area contributed by atoms with Crippen LogP contribution in [0.25, 0.3) is 0 Å². The third kappa shape index (κ3) is 3.48. The van der Waals surface area contributed by atoms with Crippen LogP contribution >= 0.6 is 11.8 Å². The van der Waals surface area contributed by atoms with E-state index in [4.69, 9.17) is 0 Å². The summed E-state index contributed by atoms with van der Waals surface area (Å²) in [5, 5.41) is -0.354. The number of thioether (sulfide) groups is 1. The van der Waals surface area contributed by atoms with Crippen LogP contribution in [0.1, 0.15) is 25.7 Å². The van der Waals surface area contributed by atoms with Crippen molar-refractivity contribution in [2.75, 3.05) is 30.9 Å². The largest absolute Gasteiger partial charge is 0.299 e.